The number of rotatable bonds is 4. The van der Waals surface area contributed by atoms with Gasteiger partial charge in [0, 0.05) is 10.9 Å². The van der Waals surface area contributed by atoms with Crippen molar-refractivity contribution in [2.45, 2.75) is 13.1 Å². The van der Waals surface area contributed by atoms with Crippen molar-refractivity contribution >= 4 is 17.0 Å². The quantitative estimate of drug-likeness (QED) is 0.628. The summed E-state index contributed by atoms with van der Waals surface area (Å²) in [6, 6.07) is 11.2. The monoisotopic (exact) mass is 376 g/mol. The molecule has 140 valence electrons. The fourth-order valence-electron chi connectivity index (χ4n) is 2.55. The SMILES string of the molecule is CCOC(=O)c1cc2ccc(-c3ccc(OC)cc3)nc2nc1C(F)(F)F. The van der Waals surface area contributed by atoms with Gasteiger partial charge in [-0.2, -0.15) is 13.2 Å². The summed E-state index contributed by atoms with van der Waals surface area (Å²) in [7, 11) is 1.53. The average molecular weight is 376 g/mol. The van der Waals surface area contributed by atoms with Crippen LogP contribution in [0.1, 0.15) is 23.0 Å². The van der Waals surface area contributed by atoms with Crippen molar-refractivity contribution in [3.8, 4) is 17.0 Å². The maximum absolute atomic E-state index is 13.4. The van der Waals surface area contributed by atoms with Gasteiger partial charge in [-0.3, -0.25) is 0 Å². The second-order valence-electron chi connectivity index (χ2n) is 5.57. The maximum atomic E-state index is 13.4. The number of benzene rings is 1. The Kier molecular flexibility index (Phi) is 4.98. The van der Waals surface area contributed by atoms with E-state index in [9.17, 15) is 18.0 Å². The molecule has 2 aromatic heterocycles. The number of methoxy groups -OCH3 is 1. The molecule has 0 bridgehead atoms. The lowest BCUT2D eigenvalue weighted by atomic mass is 10.1. The van der Waals surface area contributed by atoms with Gasteiger partial charge in [0.1, 0.15) is 5.75 Å². The number of halogens is 3. The molecule has 0 aliphatic heterocycles. The molecule has 0 amide bonds. The molecule has 2 heterocycles. The fraction of sp³-hybridized carbons (Fsp3) is 0.211. The van der Waals surface area contributed by atoms with Crippen LogP contribution in [-0.2, 0) is 10.9 Å². The summed E-state index contributed by atoms with van der Waals surface area (Å²) in [6.45, 7) is 1.48. The minimum atomic E-state index is -4.81. The summed E-state index contributed by atoms with van der Waals surface area (Å²) < 4.78 is 49.9. The van der Waals surface area contributed by atoms with E-state index in [0.29, 0.717) is 22.4 Å². The van der Waals surface area contributed by atoms with E-state index in [1.54, 1.807) is 36.4 Å². The highest BCUT2D eigenvalue weighted by Gasteiger charge is 2.38. The van der Waals surface area contributed by atoms with Crippen molar-refractivity contribution in [3.05, 3.63) is 53.7 Å². The number of carbonyl (C=O) groups is 1. The van der Waals surface area contributed by atoms with Gasteiger partial charge in [-0.15, -0.1) is 0 Å². The highest BCUT2D eigenvalue weighted by Crippen LogP contribution is 2.33. The zero-order valence-corrected chi connectivity index (χ0v) is 14.5. The third kappa shape index (κ3) is 3.84. The normalized spacial score (nSPS) is 11.4. The van der Waals surface area contributed by atoms with Crippen molar-refractivity contribution in [1.29, 1.82) is 0 Å². The van der Waals surface area contributed by atoms with E-state index in [1.807, 2.05) is 0 Å². The number of hydrogen-bond acceptors (Lipinski definition) is 5. The van der Waals surface area contributed by atoms with E-state index in [-0.39, 0.29) is 12.3 Å². The zero-order valence-electron chi connectivity index (χ0n) is 14.5. The zero-order chi connectivity index (χ0) is 19.6. The lowest BCUT2D eigenvalue weighted by Crippen LogP contribution is -2.17. The minimum Gasteiger partial charge on any atom is -0.497 e. The number of esters is 1. The Bertz CT molecular complexity index is 986. The van der Waals surface area contributed by atoms with Crippen molar-refractivity contribution in [2.24, 2.45) is 0 Å². The van der Waals surface area contributed by atoms with Crippen molar-refractivity contribution < 1.29 is 27.4 Å². The lowest BCUT2D eigenvalue weighted by molar-refractivity contribution is -0.141. The Hall–Kier alpha value is -3.16. The van der Waals surface area contributed by atoms with E-state index in [2.05, 4.69) is 9.97 Å². The van der Waals surface area contributed by atoms with E-state index in [0.717, 1.165) is 6.07 Å². The number of pyridine rings is 2. The molecule has 0 aliphatic carbocycles. The molecule has 5 nitrogen and oxygen atoms in total. The topological polar surface area (TPSA) is 61.3 Å². The van der Waals surface area contributed by atoms with Gasteiger partial charge in [0.2, 0.25) is 0 Å². The fourth-order valence-corrected chi connectivity index (χ4v) is 2.55. The second kappa shape index (κ2) is 7.22. The summed E-state index contributed by atoms with van der Waals surface area (Å²) in [6.07, 6.45) is -4.81. The molecule has 0 fully saturated rings. The molecule has 0 saturated heterocycles. The molecule has 1 aromatic carbocycles. The Morgan fingerprint density at radius 2 is 1.78 bits per heavy atom. The van der Waals surface area contributed by atoms with Gasteiger partial charge in [0.25, 0.3) is 0 Å². The predicted octanol–water partition coefficient (Wildman–Crippen LogP) is 4.50. The highest BCUT2D eigenvalue weighted by molar-refractivity contribution is 5.95. The molecule has 0 atom stereocenters. The van der Waals surface area contributed by atoms with Gasteiger partial charge in [-0.1, -0.05) is 0 Å². The van der Waals surface area contributed by atoms with Gasteiger partial charge in [0.15, 0.2) is 11.3 Å². The van der Waals surface area contributed by atoms with E-state index in [1.165, 1.54) is 14.0 Å². The van der Waals surface area contributed by atoms with Crippen molar-refractivity contribution in [2.75, 3.05) is 13.7 Å². The number of carbonyl (C=O) groups excluding carboxylic acids is 1. The van der Waals surface area contributed by atoms with Gasteiger partial charge in [0.05, 0.1) is 25.0 Å². The first kappa shape index (κ1) is 18.6. The third-order valence-electron chi connectivity index (χ3n) is 3.83. The molecule has 27 heavy (non-hydrogen) atoms. The maximum Gasteiger partial charge on any atom is 0.434 e. The first-order chi connectivity index (χ1) is 12.8. The second-order valence-corrected chi connectivity index (χ2v) is 5.57. The molecule has 3 aromatic rings. The van der Waals surface area contributed by atoms with Crippen molar-refractivity contribution in [1.82, 2.24) is 9.97 Å². The summed E-state index contributed by atoms with van der Waals surface area (Å²) in [5, 5.41) is 0.309. The number of fused-ring (bicyclic) bond motifs is 1. The summed E-state index contributed by atoms with van der Waals surface area (Å²) in [5.41, 5.74) is -0.899. The van der Waals surface area contributed by atoms with Crippen LogP contribution in [0.15, 0.2) is 42.5 Å². The van der Waals surface area contributed by atoms with Crippen LogP contribution in [-0.4, -0.2) is 29.7 Å². The standard InChI is InChI=1S/C19H15F3N2O3/c1-3-27-18(25)14-10-12-6-9-15(11-4-7-13(26-2)8-5-11)23-17(12)24-16(14)19(20,21)22/h4-10H,3H2,1-2H3. The van der Waals surface area contributed by atoms with E-state index >= 15 is 0 Å². The van der Waals surface area contributed by atoms with Crippen LogP contribution in [0.3, 0.4) is 0 Å². The number of alkyl halides is 3. The average Bonchev–Trinajstić information content (AvgIpc) is 2.66. The number of hydrogen-bond donors (Lipinski definition) is 0. The van der Waals surface area contributed by atoms with Gasteiger partial charge in [-0.05, 0) is 49.4 Å². The summed E-state index contributed by atoms with van der Waals surface area (Å²) in [4.78, 5) is 19.7. The molecular weight excluding hydrogens is 361 g/mol. The largest absolute Gasteiger partial charge is 0.497 e. The van der Waals surface area contributed by atoms with Crippen LogP contribution in [0.4, 0.5) is 13.2 Å². The Morgan fingerprint density at radius 3 is 2.37 bits per heavy atom. The number of nitrogens with zero attached hydrogens (tertiary/aromatic N) is 2. The van der Waals surface area contributed by atoms with Crippen LogP contribution in [0.25, 0.3) is 22.3 Å². The van der Waals surface area contributed by atoms with Crippen LogP contribution in [0, 0.1) is 0 Å². The molecule has 3 rings (SSSR count). The number of ether oxygens (including phenoxy) is 2. The number of aromatic nitrogens is 2. The molecule has 0 radical (unpaired) electrons. The Morgan fingerprint density at radius 1 is 1.07 bits per heavy atom. The van der Waals surface area contributed by atoms with E-state index in [4.69, 9.17) is 9.47 Å². The Labute approximate surface area is 152 Å². The molecule has 0 N–H and O–H groups in total. The van der Waals surface area contributed by atoms with Crippen LogP contribution in [0.2, 0.25) is 0 Å². The third-order valence-corrected chi connectivity index (χ3v) is 3.83. The first-order valence-electron chi connectivity index (χ1n) is 8.04. The summed E-state index contributed by atoms with van der Waals surface area (Å²) in [5.74, 6) is -0.422. The van der Waals surface area contributed by atoms with Gasteiger partial charge < -0.3 is 9.47 Å². The molecular formula is C19H15F3N2O3. The van der Waals surface area contributed by atoms with Crippen LogP contribution >= 0.6 is 0 Å². The first-order valence-corrected chi connectivity index (χ1v) is 8.04. The molecule has 0 unspecified atom stereocenters. The summed E-state index contributed by atoms with van der Waals surface area (Å²) >= 11 is 0. The molecule has 0 spiro atoms. The minimum absolute atomic E-state index is 0.0389. The van der Waals surface area contributed by atoms with Crippen LogP contribution in [0.5, 0.6) is 5.75 Å². The molecule has 0 saturated carbocycles. The predicted molar refractivity (Wildman–Crippen MR) is 92.5 cm³/mol. The smallest absolute Gasteiger partial charge is 0.434 e. The van der Waals surface area contributed by atoms with E-state index < -0.39 is 23.4 Å². The molecule has 0 aliphatic rings. The lowest BCUT2D eigenvalue weighted by Gasteiger charge is -2.12. The van der Waals surface area contributed by atoms with Gasteiger partial charge in [-0.25, -0.2) is 14.8 Å². The van der Waals surface area contributed by atoms with Crippen LogP contribution < -0.4 is 4.74 Å². The Balaban J connectivity index is 2.13. The highest BCUT2D eigenvalue weighted by atomic mass is 19.4. The van der Waals surface area contributed by atoms with Crippen molar-refractivity contribution in [3.63, 3.8) is 0 Å². The molecule has 8 heteroatoms. The van der Waals surface area contributed by atoms with Gasteiger partial charge >= 0.3 is 12.1 Å².